The summed E-state index contributed by atoms with van der Waals surface area (Å²) in [6, 6.07) is 18.6. The Morgan fingerprint density at radius 2 is 1.90 bits per heavy atom. The second kappa shape index (κ2) is 4.63. The molecule has 2 heterocycles. The zero-order valence-electron chi connectivity index (χ0n) is 11.5. The third-order valence-electron chi connectivity index (χ3n) is 3.82. The van der Waals surface area contributed by atoms with E-state index in [0.717, 1.165) is 17.7 Å². The van der Waals surface area contributed by atoms with Crippen molar-refractivity contribution in [3.8, 4) is 0 Å². The zero-order chi connectivity index (χ0) is 14.2. The lowest BCUT2D eigenvalue weighted by atomic mass is 10.1. The molecule has 0 saturated heterocycles. The van der Waals surface area contributed by atoms with E-state index >= 15 is 0 Å². The van der Waals surface area contributed by atoms with Crippen molar-refractivity contribution >= 4 is 27.5 Å². The number of pyridine rings is 1. The van der Waals surface area contributed by atoms with E-state index in [9.17, 15) is 0 Å². The van der Waals surface area contributed by atoms with Gasteiger partial charge in [-0.1, -0.05) is 18.2 Å². The lowest BCUT2D eigenvalue weighted by molar-refractivity contribution is 0.838. The van der Waals surface area contributed by atoms with Crippen molar-refractivity contribution in [3.05, 3.63) is 72.6 Å². The van der Waals surface area contributed by atoms with Crippen molar-refractivity contribution in [2.75, 3.05) is 5.73 Å². The molecule has 0 spiro atoms. The Morgan fingerprint density at radius 1 is 0.952 bits per heavy atom. The SMILES string of the molecule is Nc1ccc2ccn(Cc3ccc4ncccc4c3)c2c1. The Balaban J connectivity index is 1.77. The summed E-state index contributed by atoms with van der Waals surface area (Å²) in [5, 5.41) is 2.39. The minimum Gasteiger partial charge on any atom is -0.399 e. The van der Waals surface area contributed by atoms with E-state index in [1.165, 1.54) is 21.9 Å². The summed E-state index contributed by atoms with van der Waals surface area (Å²) in [5.41, 5.74) is 10.2. The van der Waals surface area contributed by atoms with Crippen molar-refractivity contribution in [3.63, 3.8) is 0 Å². The molecule has 0 radical (unpaired) electrons. The third-order valence-corrected chi connectivity index (χ3v) is 3.82. The molecule has 0 unspecified atom stereocenters. The van der Waals surface area contributed by atoms with Gasteiger partial charge < -0.3 is 10.3 Å². The van der Waals surface area contributed by atoms with E-state index in [2.05, 4.69) is 52.1 Å². The number of nitrogen functional groups attached to an aromatic ring is 1. The highest BCUT2D eigenvalue weighted by molar-refractivity contribution is 5.83. The molecule has 3 nitrogen and oxygen atoms in total. The molecule has 4 aromatic rings. The summed E-state index contributed by atoms with van der Waals surface area (Å²) in [7, 11) is 0. The number of hydrogen-bond donors (Lipinski definition) is 1. The molecule has 4 rings (SSSR count). The van der Waals surface area contributed by atoms with Gasteiger partial charge in [0.05, 0.1) is 11.0 Å². The number of nitrogens with two attached hydrogens (primary N) is 1. The van der Waals surface area contributed by atoms with Crippen LogP contribution in [0.2, 0.25) is 0 Å². The van der Waals surface area contributed by atoms with Crippen molar-refractivity contribution in [2.45, 2.75) is 6.54 Å². The first kappa shape index (κ1) is 12.0. The Bertz CT molecular complexity index is 937. The predicted octanol–water partition coefficient (Wildman–Crippen LogP) is 3.82. The number of nitrogens with zero attached hydrogens (tertiary/aromatic N) is 2. The van der Waals surface area contributed by atoms with Crippen LogP contribution in [0.5, 0.6) is 0 Å². The fraction of sp³-hybridized carbons (Fsp3) is 0.0556. The summed E-state index contributed by atoms with van der Waals surface area (Å²) in [5.74, 6) is 0. The average molecular weight is 273 g/mol. The van der Waals surface area contributed by atoms with Crippen molar-refractivity contribution in [1.82, 2.24) is 9.55 Å². The lowest BCUT2D eigenvalue weighted by Gasteiger charge is -2.07. The van der Waals surface area contributed by atoms with Crippen LogP contribution in [0.1, 0.15) is 5.56 Å². The van der Waals surface area contributed by atoms with Gasteiger partial charge in [-0.15, -0.1) is 0 Å². The second-order valence-electron chi connectivity index (χ2n) is 5.29. The van der Waals surface area contributed by atoms with Gasteiger partial charge in [-0.05, 0) is 47.3 Å². The summed E-state index contributed by atoms with van der Waals surface area (Å²) in [6.45, 7) is 0.831. The highest BCUT2D eigenvalue weighted by atomic mass is 14.9. The molecule has 0 atom stereocenters. The van der Waals surface area contributed by atoms with Gasteiger partial charge >= 0.3 is 0 Å². The van der Waals surface area contributed by atoms with E-state index < -0.39 is 0 Å². The maximum Gasteiger partial charge on any atom is 0.0702 e. The van der Waals surface area contributed by atoms with Crippen LogP contribution in [0.25, 0.3) is 21.8 Å². The van der Waals surface area contributed by atoms with Gasteiger partial charge in [0.2, 0.25) is 0 Å². The standard InChI is InChI=1S/C18H15N3/c19-16-5-4-14-7-9-21(18(14)11-16)12-13-3-6-17-15(10-13)2-1-8-20-17/h1-11H,12,19H2. The molecule has 2 aromatic heterocycles. The monoisotopic (exact) mass is 273 g/mol. The maximum atomic E-state index is 5.90. The molecule has 3 heteroatoms. The fourth-order valence-corrected chi connectivity index (χ4v) is 2.76. The highest BCUT2D eigenvalue weighted by Gasteiger charge is 2.03. The maximum absolute atomic E-state index is 5.90. The number of anilines is 1. The molecule has 21 heavy (non-hydrogen) atoms. The van der Waals surface area contributed by atoms with Crippen LogP contribution < -0.4 is 5.73 Å². The second-order valence-corrected chi connectivity index (χ2v) is 5.29. The smallest absolute Gasteiger partial charge is 0.0702 e. The largest absolute Gasteiger partial charge is 0.399 e. The number of benzene rings is 2. The predicted molar refractivity (Wildman–Crippen MR) is 87.2 cm³/mol. The molecule has 0 fully saturated rings. The van der Waals surface area contributed by atoms with Crippen LogP contribution in [-0.2, 0) is 6.54 Å². The number of fused-ring (bicyclic) bond motifs is 2. The number of rotatable bonds is 2. The lowest BCUT2D eigenvalue weighted by Crippen LogP contribution is -1.98. The molecule has 0 aliphatic rings. The summed E-state index contributed by atoms with van der Waals surface area (Å²) in [6.07, 6.45) is 3.93. The molecule has 2 N–H and O–H groups in total. The Hall–Kier alpha value is -2.81. The molecule has 0 amide bonds. The van der Waals surface area contributed by atoms with Crippen molar-refractivity contribution in [1.29, 1.82) is 0 Å². The molecule has 0 bridgehead atoms. The Labute approximate surface area is 122 Å². The van der Waals surface area contributed by atoms with E-state index in [4.69, 9.17) is 5.73 Å². The van der Waals surface area contributed by atoms with Crippen LogP contribution in [0.4, 0.5) is 5.69 Å². The number of aromatic nitrogens is 2. The Kier molecular flexibility index (Phi) is 2.64. The van der Waals surface area contributed by atoms with E-state index in [-0.39, 0.29) is 0 Å². The van der Waals surface area contributed by atoms with Crippen LogP contribution >= 0.6 is 0 Å². The fourth-order valence-electron chi connectivity index (χ4n) is 2.76. The van der Waals surface area contributed by atoms with Gasteiger partial charge in [0.25, 0.3) is 0 Å². The Morgan fingerprint density at radius 3 is 2.86 bits per heavy atom. The van der Waals surface area contributed by atoms with Gasteiger partial charge in [0.1, 0.15) is 0 Å². The minimum atomic E-state index is 0.796. The molecule has 0 saturated carbocycles. The first-order chi connectivity index (χ1) is 10.3. The van der Waals surface area contributed by atoms with E-state index in [1.54, 1.807) is 0 Å². The molecule has 102 valence electrons. The summed E-state index contributed by atoms with van der Waals surface area (Å²) < 4.78 is 2.23. The average Bonchev–Trinajstić information content (AvgIpc) is 2.89. The summed E-state index contributed by atoms with van der Waals surface area (Å²) in [4.78, 5) is 4.36. The van der Waals surface area contributed by atoms with Gasteiger partial charge in [0, 0.05) is 30.0 Å². The third kappa shape index (κ3) is 2.13. The van der Waals surface area contributed by atoms with Crippen LogP contribution in [0, 0.1) is 0 Å². The molecular formula is C18H15N3. The quantitative estimate of drug-likeness (QED) is 0.564. The first-order valence-corrected chi connectivity index (χ1v) is 6.98. The molecular weight excluding hydrogens is 258 g/mol. The molecule has 2 aromatic carbocycles. The highest BCUT2D eigenvalue weighted by Crippen LogP contribution is 2.21. The normalized spacial score (nSPS) is 11.2. The van der Waals surface area contributed by atoms with Gasteiger partial charge in [-0.2, -0.15) is 0 Å². The first-order valence-electron chi connectivity index (χ1n) is 6.98. The van der Waals surface area contributed by atoms with Crippen LogP contribution in [-0.4, -0.2) is 9.55 Å². The topological polar surface area (TPSA) is 43.8 Å². The summed E-state index contributed by atoms with van der Waals surface area (Å²) >= 11 is 0. The van der Waals surface area contributed by atoms with Crippen molar-refractivity contribution < 1.29 is 0 Å². The van der Waals surface area contributed by atoms with Crippen molar-refractivity contribution in [2.24, 2.45) is 0 Å². The van der Waals surface area contributed by atoms with E-state index in [0.29, 0.717) is 0 Å². The van der Waals surface area contributed by atoms with Crippen LogP contribution in [0.15, 0.2) is 67.0 Å². The van der Waals surface area contributed by atoms with Crippen LogP contribution in [0.3, 0.4) is 0 Å². The van der Waals surface area contributed by atoms with Gasteiger partial charge in [-0.25, -0.2) is 0 Å². The van der Waals surface area contributed by atoms with E-state index in [1.807, 2.05) is 24.4 Å². The van der Waals surface area contributed by atoms with Gasteiger partial charge in [-0.3, -0.25) is 4.98 Å². The number of hydrogen-bond acceptors (Lipinski definition) is 2. The molecule has 0 aliphatic carbocycles. The zero-order valence-corrected chi connectivity index (χ0v) is 11.5. The minimum absolute atomic E-state index is 0.796. The van der Waals surface area contributed by atoms with Gasteiger partial charge in [0.15, 0.2) is 0 Å². The molecule has 0 aliphatic heterocycles.